The first-order valence-corrected chi connectivity index (χ1v) is 4.47. The number of ketones is 1. The van der Waals surface area contributed by atoms with Crippen LogP contribution in [0.1, 0.15) is 28.4 Å². The maximum absolute atomic E-state index is 12.4. The van der Waals surface area contributed by atoms with Gasteiger partial charge >= 0.3 is 12.4 Å². The standard InChI is InChI=1S/C10H6F6O2/c1-4(17)5-2-6(9(11,12)13)8(18)7(3-5)10(14,15)16/h2-3,18H,1H3. The predicted octanol–water partition coefficient (Wildman–Crippen LogP) is 3.63. The number of phenolic OH excluding ortho intramolecular Hbond substituents is 1. The van der Waals surface area contributed by atoms with Crippen LogP contribution in [0.25, 0.3) is 0 Å². The summed E-state index contributed by atoms with van der Waals surface area (Å²) in [5, 5.41) is 9.01. The molecule has 0 saturated carbocycles. The minimum absolute atomic E-state index is 0.187. The van der Waals surface area contributed by atoms with E-state index in [-0.39, 0.29) is 12.1 Å². The Bertz CT molecular complexity index is 451. The third-order valence-electron chi connectivity index (χ3n) is 2.13. The van der Waals surface area contributed by atoms with Crippen LogP contribution in [-0.4, -0.2) is 10.9 Å². The molecule has 0 aliphatic heterocycles. The molecule has 0 fully saturated rings. The highest BCUT2D eigenvalue weighted by atomic mass is 19.4. The number of benzene rings is 1. The Hall–Kier alpha value is -1.73. The second kappa shape index (κ2) is 4.18. The predicted molar refractivity (Wildman–Crippen MR) is 48.1 cm³/mol. The number of rotatable bonds is 1. The zero-order chi connectivity index (χ0) is 14.3. The van der Waals surface area contributed by atoms with Crippen LogP contribution in [0.3, 0.4) is 0 Å². The van der Waals surface area contributed by atoms with Crippen molar-refractivity contribution in [3.05, 3.63) is 28.8 Å². The van der Waals surface area contributed by atoms with Gasteiger partial charge in [0.1, 0.15) is 5.75 Å². The van der Waals surface area contributed by atoms with Gasteiger partial charge in [0.15, 0.2) is 5.78 Å². The van der Waals surface area contributed by atoms with Gasteiger partial charge in [0.2, 0.25) is 0 Å². The molecule has 1 N–H and O–H groups in total. The summed E-state index contributed by atoms with van der Waals surface area (Å²) < 4.78 is 74.5. The number of aromatic hydroxyl groups is 1. The molecule has 8 heteroatoms. The largest absolute Gasteiger partial charge is 0.507 e. The average Bonchev–Trinajstić information content (AvgIpc) is 2.13. The fourth-order valence-corrected chi connectivity index (χ4v) is 1.27. The van der Waals surface area contributed by atoms with Gasteiger partial charge < -0.3 is 5.11 Å². The van der Waals surface area contributed by atoms with Gasteiger partial charge in [0.25, 0.3) is 0 Å². The van der Waals surface area contributed by atoms with E-state index in [0.717, 1.165) is 6.92 Å². The third-order valence-corrected chi connectivity index (χ3v) is 2.13. The number of Topliss-reactive ketones (excluding diaryl/α,β-unsaturated/α-hetero) is 1. The number of hydrogen-bond acceptors (Lipinski definition) is 2. The molecule has 0 aliphatic rings. The molecule has 0 saturated heterocycles. The van der Waals surface area contributed by atoms with E-state index in [9.17, 15) is 31.1 Å². The summed E-state index contributed by atoms with van der Waals surface area (Å²) in [6.07, 6.45) is -10.4. The molecule has 0 spiro atoms. The van der Waals surface area contributed by atoms with E-state index in [0.29, 0.717) is 0 Å². The minimum atomic E-state index is -5.18. The highest BCUT2D eigenvalue weighted by molar-refractivity contribution is 5.94. The fraction of sp³-hybridized carbons (Fsp3) is 0.300. The first-order valence-electron chi connectivity index (χ1n) is 4.47. The van der Waals surface area contributed by atoms with Gasteiger partial charge in [-0.2, -0.15) is 26.3 Å². The molecule has 0 unspecified atom stereocenters. The van der Waals surface area contributed by atoms with Crippen molar-refractivity contribution in [2.24, 2.45) is 0 Å². The van der Waals surface area contributed by atoms with E-state index in [1.54, 1.807) is 0 Å². The van der Waals surface area contributed by atoms with Crippen molar-refractivity contribution in [2.75, 3.05) is 0 Å². The second-order valence-electron chi connectivity index (χ2n) is 3.47. The molecule has 18 heavy (non-hydrogen) atoms. The van der Waals surface area contributed by atoms with E-state index in [1.165, 1.54) is 0 Å². The second-order valence-corrected chi connectivity index (χ2v) is 3.47. The Kier molecular flexibility index (Phi) is 3.33. The zero-order valence-corrected chi connectivity index (χ0v) is 8.78. The Labute approximate surface area is 96.8 Å². The topological polar surface area (TPSA) is 37.3 Å². The summed E-state index contributed by atoms with van der Waals surface area (Å²) in [5.74, 6) is -2.90. The normalized spacial score (nSPS) is 12.6. The van der Waals surface area contributed by atoms with Crippen LogP contribution in [0, 0.1) is 0 Å². The zero-order valence-electron chi connectivity index (χ0n) is 8.78. The summed E-state index contributed by atoms with van der Waals surface area (Å²) in [6.45, 7) is 0.826. The highest BCUT2D eigenvalue weighted by Crippen LogP contribution is 2.44. The van der Waals surface area contributed by atoms with Gasteiger partial charge in [-0.1, -0.05) is 0 Å². The van der Waals surface area contributed by atoms with Gasteiger partial charge in [-0.15, -0.1) is 0 Å². The molecule has 1 aromatic carbocycles. The number of halogens is 6. The van der Waals surface area contributed by atoms with E-state index >= 15 is 0 Å². The molecule has 0 atom stereocenters. The smallest absolute Gasteiger partial charge is 0.419 e. The lowest BCUT2D eigenvalue weighted by Gasteiger charge is -2.15. The van der Waals surface area contributed by atoms with Crippen molar-refractivity contribution in [3.8, 4) is 5.75 Å². The lowest BCUT2D eigenvalue weighted by molar-refractivity contribution is -0.145. The van der Waals surface area contributed by atoms with Gasteiger partial charge in [-0.25, -0.2) is 0 Å². The minimum Gasteiger partial charge on any atom is -0.507 e. The Morgan fingerprint density at radius 1 is 1.00 bits per heavy atom. The number of carbonyl (C=O) groups is 1. The van der Waals surface area contributed by atoms with Crippen molar-refractivity contribution in [2.45, 2.75) is 19.3 Å². The summed E-state index contributed by atoms with van der Waals surface area (Å²) in [5.41, 5.74) is -4.54. The molecular weight excluding hydrogens is 266 g/mol. The SMILES string of the molecule is CC(=O)c1cc(C(F)(F)F)c(O)c(C(F)(F)F)c1. The molecule has 0 aliphatic carbocycles. The van der Waals surface area contributed by atoms with Crippen LogP contribution in [0.4, 0.5) is 26.3 Å². The maximum atomic E-state index is 12.4. The van der Waals surface area contributed by atoms with Gasteiger partial charge in [-0.3, -0.25) is 4.79 Å². The van der Waals surface area contributed by atoms with Crippen molar-refractivity contribution < 1.29 is 36.2 Å². The van der Waals surface area contributed by atoms with Crippen LogP contribution in [-0.2, 0) is 12.4 Å². The number of phenols is 1. The molecule has 0 heterocycles. The Morgan fingerprint density at radius 3 is 1.56 bits per heavy atom. The molecule has 2 nitrogen and oxygen atoms in total. The molecule has 100 valence electrons. The van der Waals surface area contributed by atoms with Gasteiger partial charge in [-0.05, 0) is 19.1 Å². The monoisotopic (exact) mass is 272 g/mol. The average molecular weight is 272 g/mol. The quantitative estimate of drug-likeness (QED) is 0.626. The number of hydrogen-bond donors (Lipinski definition) is 1. The van der Waals surface area contributed by atoms with Gasteiger partial charge in [0, 0.05) is 5.56 Å². The van der Waals surface area contributed by atoms with E-state index in [2.05, 4.69) is 0 Å². The molecule has 1 rings (SSSR count). The summed E-state index contributed by atoms with van der Waals surface area (Å²) >= 11 is 0. The molecular formula is C10H6F6O2. The highest BCUT2D eigenvalue weighted by Gasteiger charge is 2.42. The summed E-state index contributed by atoms with van der Waals surface area (Å²) in [4.78, 5) is 10.9. The number of carbonyl (C=O) groups excluding carboxylic acids is 1. The molecule has 1 aromatic rings. The number of alkyl halides is 6. The lowest BCUT2D eigenvalue weighted by Crippen LogP contribution is -2.13. The van der Waals surface area contributed by atoms with Crippen LogP contribution in [0.5, 0.6) is 5.75 Å². The molecule has 0 radical (unpaired) electrons. The van der Waals surface area contributed by atoms with E-state index in [1.807, 2.05) is 0 Å². The van der Waals surface area contributed by atoms with Crippen molar-refractivity contribution >= 4 is 5.78 Å². The molecule has 0 aromatic heterocycles. The van der Waals surface area contributed by atoms with Gasteiger partial charge in [0.05, 0.1) is 11.1 Å². The van der Waals surface area contributed by atoms with Crippen molar-refractivity contribution in [1.82, 2.24) is 0 Å². The van der Waals surface area contributed by atoms with Crippen molar-refractivity contribution in [3.63, 3.8) is 0 Å². The van der Waals surface area contributed by atoms with Crippen LogP contribution < -0.4 is 0 Å². The Morgan fingerprint density at radius 2 is 1.33 bits per heavy atom. The maximum Gasteiger partial charge on any atom is 0.419 e. The Balaban J connectivity index is 3.64. The van der Waals surface area contributed by atoms with E-state index < -0.39 is 40.6 Å². The third kappa shape index (κ3) is 2.74. The molecule has 0 amide bonds. The van der Waals surface area contributed by atoms with Crippen LogP contribution >= 0.6 is 0 Å². The van der Waals surface area contributed by atoms with E-state index in [4.69, 9.17) is 5.11 Å². The first-order chi connectivity index (χ1) is 7.94. The van der Waals surface area contributed by atoms with Crippen LogP contribution in [0.15, 0.2) is 12.1 Å². The first kappa shape index (κ1) is 14.3. The molecule has 0 bridgehead atoms. The van der Waals surface area contributed by atoms with Crippen molar-refractivity contribution in [1.29, 1.82) is 0 Å². The fourth-order valence-electron chi connectivity index (χ4n) is 1.27. The lowest BCUT2D eigenvalue weighted by atomic mass is 10.0. The van der Waals surface area contributed by atoms with Crippen LogP contribution in [0.2, 0.25) is 0 Å². The summed E-state index contributed by atoms with van der Waals surface area (Å²) in [6, 6.07) is 0.375. The summed E-state index contributed by atoms with van der Waals surface area (Å²) in [7, 11) is 0.